The van der Waals surface area contributed by atoms with Gasteiger partial charge in [-0.3, -0.25) is 14.9 Å². The fourth-order valence-electron chi connectivity index (χ4n) is 1.70. The van der Waals surface area contributed by atoms with Gasteiger partial charge >= 0.3 is 0 Å². The highest BCUT2D eigenvalue weighted by atomic mass is 19.1. The number of hydrogen-bond acceptors (Lipinski definition) is 5. The quantitative estimate of drug-likeness (QED) is 0.434. The van der Waals surface area contributed by atoms with E-state index >= 15 is 0 Å². The molecule has 116 valence electrons. The Labute approximate surface area is 121 Å². The lowest BCUT2D eigenvalue weighted by molar-refractivity contribution is -0.385. The number of ether oxygens (including phenoxy) is 1. The summed E-state index contributed by atoms with van der Waals surface area (Å²) < 4.78 is 18.6. The molecule has 0 radical (unpaired) electrons. The summed E-state index contributed by atoms with van der Waals surface area (Å²) in [5.74, 6) is -1.40. The van der Waals surface area contributed by atoms with Crippen LogP contribution in [-0.4, -0.2) is 37.6 Å². The van der Waals surface area contributed by atoms with Gasteiger partial charge in [0, 0.05) is 26.8 Å². The van der Waals surface area contributed by atoms with Gasteiger partial charge in [0.2, 0.25) is 0 Å². The summed E-state index contributed by atoms with van der Waals surface area (Å²) in [6.45, 7) is 3.26. The van der Waals surface area contributed by atoms with E-state index in [1.165, 1.54) is 7.05 Å². The van der Waals surface area contributed by atoms with Gasteiger partial charge in [-0.05, 0) is 19.4 Å². The molecule has 7 nitrogen and oxygen atoms in total. The maximum Gasteiger partial charge on any atom is 0.285 e. The summed E-state index contributed by atoms with van der Waals surface area (Å²) in [5, 5.41) is 16.0. The molecule has 0 saturated heterocycles. The van der Waals surface area contributed by atoms with Gasteiger partial charge in [0.25, 0.3) is 11.6 Å². The normalized spacial score (nSPS) is 10.2. The lowest BCUT2D eigenvalue weighted by atomic mass is 10.1. The van der Waals surface area contributed by atoms with Crippen LogP contribution in [0.4, 0.5) is 15.8 Å². The Balaban J connectivity index is 2.84. The Morgan fingerprint density at radius 1 is 1.48 bits per heavy atom. The van der Waals surface area contributed by atoms with Crippen molar-refractivity contribution < 1.29 is 18.8 Å². The second kappa shape index (κ2) is 8.15. The second-order valence-electron chi connectivity index (χ2n) is 4.16. The van der Waals surface area contributed by atoms with Gasteiger partial charge in [-0.25, -0.2) is 4.39 Å². The second-order valence-corrected chi connectivity index (χ2v) is 4.16. The van der Waals surface area contributed by atoms with E-state index in [4.69, 9.17) is 4.74 Å². The SMILES string of the molecule is CCOCCCNC(=O)c1cc(NC)c(F)cc1[N+](=O)[O-]. The highest BCUT2D eigenvalue weighted by Gasteiger charge is 2.23. The molecule has 0 aliphatic rings. The van der Waals surface area contributed by atoms with Gasteiger partial charge in [-0.15, -0.1) is 0 Å². The van der Waals surface area contributed by atoms with Crippen molar-refractivity contribution in [1.82, 2.24) is 5.32 Å². The van der Waals surface area contributed by atoms with Crippen LogP contribution in [0.1, 0.15) is 23.7 Å². The first kappa shape index (κ1) is 16.8. The van der Waals surface area contributed by atoms with Crippen LogP contribution in [0, 0.1) is 15.9 Å². The number of amides is 1. The number of anilines is 1. The molecule has 1 aromatic carbocycles. The van der Waals surface area contributed by atoms with E-state index in [1.807, 2.05) is 6.92 Å². The molecule has 0 spiro atoms. The van der Waals surface area contributed by atoms with Crippen LogP contribution in [0.3, 0.4) is 0 Å². The van der Waals surface area contributed by atoms with Gasteiger partial charge in [0.15, 0.2) is 5.82 Å². The lowest BCUT2D eigenvalue weighted by Crippen LogP contribution is -2.26. The summed E-state index contributed by atoms with van der Waals surface area (Å²) >= 11 is 0. The molecule has 1 rings (SSSR count). The van der Waals surface area contributed by atoms with Crippen molar-refractivity contribution >= 4 is 17.3 Å². The molecule has 1 aromatic rings. The minimum Gasteiger partial charge on any atom is -0.386 e. The zero-order chi connectivity index (χ0) is 15.8. The van der Waals surface area contributed by atoms with E-state index in [2.05, 4.69) is 10.6 Å². The first-order valence-electron chi connectivity index (χ1n) is 6.52. The van der Waals surface area contributed by atoms with Crippen molar-refractivity contribution in [3.8, 4) is 0 Å². The predicted molar refractivity (Wildman–Crippen MR) is 76.0 cm³/mol. The lowest BCUT2D eigenvalue weighted by Gasteiger charge is -2.08. The van der Waals surface area contributed by atoms with Crippen LogP contribution in [0.15, 0.2) is 12.1 Å². The average Bonchev–Trinajstić information content (AvgIpc) is 2.46. The monoisotopic (exact) mass is 299 g/mol. The van der Waals surface area contributed by atoms with Crippen molar-refractivity contribution in [3.05, 3.63) is 33.6 Å². The molecule has 8 heteroatoms. The number of nitro groups is 1. The third kappa shape index (κ3) is 4.67. The number of nitro benzene ring substituents is 1. The number of rotatable bonds is 8. The summed E-state index contributed by atoms with van der Waals surface area (Å²) in [6.07, 6.45) is 0.591. The van der Waals surface area contributed by atoms with Crippen LogP contribution in [0.2, 0.25) is 0 Å². The molecule has 0 heterocycles. The summed E-state index contributed by atoms with van der Waals surface area (Å²) in [5.41, 5.74) is -0.712. The van der Waals surface area contributed by atoms with Gasteiger partial charge in [0.05, 0.1) is 16.7 Å². The largest absolute Gasteiger partial charge is 0.386 e. The Hall–Kier alpha value is -2.22. The molecule has 1 amide bonds. The van der Waals surface area contributed by atoms with E-state index < -0.39 is 22.3 Å². The van der Waals surface area contributed by atoms with E-state index in [0.717, 1.165) is 12.1 Å². The minimum atomic E-state index is -0.780. The maximum absolute atomic E-state index is 13.5. The molecule has 0 fully saturated rings. The van der Waals surface area contributed by atoms with Crippen molar-refractivity contribution in [2.24, 2.45) is 0 Å². The minimum absolute atomic E-state index is 0.0278. The summed E-state index contributed by atoms with van der Waals surface area (Å²) in [4.78, 5) is 22.1. The molecule has 0 aliphatic carbocycles. The molecule has 0 atom stereocenters. The summed E-state index contributed by atoms with van der Waals surface area (Å²) in [7, 11) is 1.47. The van der Waals surface area contributed by atoms with Crippen LogP contribution >= 0.6 is 0 Å². The molecule has 21 heavy (non-hydrogen) atoms. The Morgan fingerprint density at radius 2 is 2.19 bits per heavy atom. The molecule has 0 unspecified atom stereocenters. The fraction of sp³-hybridized carbons (Fsp3) is 0.462. The smallest absolute Gasteiger partial charge is 0.285 e. The number of carbonyl (C=O) groups is 1. The van der Waals surface area contributed by atoms with Gasteiger partial charge < -0.3 is 15.4 Å². The maximum atomic E-state index is 13.5. The third-order valence-electron chi connectivity index (χ3n) is 2.75. The predicted octanol–water partition coefficient (Wildman–Crippen LogP) is 1.93. The molecule has 0 aromatic heterocycles. The first-order chi connectivity index (χ1) is 10.0. The molecule has 0 saturated carbocycles. The van der Waals surface area contributed by atoms with E-state index in [0.29, 0.717) is 26.2 Å². The molecule has 0 bridgehead atoms. The zero-order valence-electron chi connectivity index (χ0n) is 11.9. The van der Waals surface area contributed by atoms with Crippen molar-refractivity contribution in [2.75, 3.05) is 32.1 Å². The van der Waals surface area contributed by atoms with Gasteiger partial charge in [-0.2, -0.15) is 0 Å². The number of halogens is 1. The number of benzene rings is 1. The third-order valence-corrected chi connectivity index (χ3v) is 2.75. The van der Waals surface area contributed by atoms with Crippen molar-refractivity contribution in [1.29, 1.82) is 0 Å². The van der Waals surface area contributed by atoms with E-state index in [-0.39, 0.29) is 11.3 Å². The van der Waals surface area contributed by atoms with Crippen LogP contribution in [-0.2, 0) is 4.74 Å². The molecule has 2 N–H and O–H groups in total. The number of nitrogens with zero attached hydrogens (tertiary/aromatic N) is 1. The van der Waals surface area contributed by atoms with E-state index in [1.54, 1.807) is 0 Å². The molecular formula is C13H18FN3O4. The van der Waals surface area contributed by atoms with Crippen LogP contribution in [0.5, 0.6) is 0 Å². The molecular weight excluding hydrogens is 281 g/mol. The topological polar surface area (TPSA) is 93.5 Å². The standard InChI is InChI=1S/C13H18FN3O4/c1-3-21-6-4-5-16-13(18)9-7-11(15-2)10(14)8-12(9)17(19)20/h7-8,15H,3-6H2,1-2H3,(H,16,18). The van der Waals surface area contributed by atoms with Crippen LogP contribution < -0.4 is 10.6 Å². The van der Waals surface area contributed by atoms with Crippen molar-refractivity contribution in [3.63, 3.8) is 0 Å². The van der Waals surface area contributed by atoms with E-state index in [9.17, 15) is 19.3 Å². The zero-order valence-corrected chi connectivity index (χ0v) is 11.9. The van der Waals surface area contributed by atoms with Gasteiger partial charge in [0.1, 0.15) is 5.56 Å². The van der Waals surface area contributed by atoms with Crippen molar-refractivity contribution in [2.45, 2.75) is 13.3 Å². The highest BCUT2D eigenvalue weighted by Crippen LogP contribution is 2.25. The Kier molecular flexibility index (Phi) is 6.54. The Morgan fingerprint density at radius 3 is 2.76 bits per heavy atom. The number of hydrogen-bond donors (Lipinski definition) is 2. The average molecular weight is 299 g/mol. The fourth-order valence-corrected chi connectivity index (χ4v) is 1.70. The highest BCUT2D eigenvalue weighted by molar-refractivity contribution is 5.99. The number of nitrogens with one attached hydrogen (secondary N) is 2. The molecule has 0 aliphatic heterocycles. The number of carbonyl (C=O) groups excluding carboxylic acids is 1. The summed E-state index contributed by atoms with van der Waals surface area (Å²) in [6, 6.07) is 1.87. The van der Waals surface area contributed by atoms with Crippen LogP contribution in [0.25, 0.3) is 0 Å². The Bertz CT molecular complexity index is 522. The first-order valence-corrected chi connectivity index (χ1v) is 6.52. The van der Waals surface area contributed by atoms with Gasteiger partial charge in [-0.1, -0.05) is 0 Å².